The summed E-state index contributed by atoms with van der Waals surface area (Å²) < 4.78 is 0.259. The number of nitrogens with one attached hydrogen (secondary N) is 1. The molecule has 132 valence electrons. The van der Waals surface area contributed by atoms with Gasteiger partial charge in [-0.3, -0.25) is 0 Å². The zero-order chi connectivity index (χ0) is 18.2. The standard InChI is InChI=1S/C11H13NO2S.C6H5NO2S/c13-11(14)9-6-3-7-12-10(9)15-8-4-1-2-5-8;8-6(9)4-2-1-3-7-5(4)10/h3,6-8H,1-2,4-5H2,(H,13,14);1-3H,(H,7,10)(H,8,9). The van der Waals surface area contributed by atoms with E-state index in [1.807, 2.05) is 0 Å². The molecular formula is C17H18N2O4S2. The number of hydrogen-bond donors (Lipinski definition) is 3. The normalized spacial score (nSPS) is 13.8. The Kier molecular flexibility index (Phi) is 7.15. The van der Waals surface area contributed by atoms with Crippen LogP contribution < -0.4 is 0 Å². The zero-order valence-corrected chi connectivity index (χ0v) is 15.0. The second kappa shape index (κ2) is 9.33. The van der Waals surface area contributed by atoms with Gasteiger partial charge in [0, 0.05) is 17.6 Å². The van der Waals surface area contributed by atoms with Gasteiger partial charge in [-0.05, 0) is 37.1 Å². The molecule has 0 bridgehead atoms. The van der Waals surface area contributed by atoms with Gasteiger partial charge in [-0.1, -0.05) is 25.1 Å². The van der Waals surface area contributed by atoms with Gasteiger partial charge in [-0.2, -0.15) is 0 Å². The molecule has 0 aliphatic heterocycles. The number of carboxylic acids is 2. The third kappa shape index (κ3) is 5.68. The molecule has 6 nitrogen and oxygen atoms in total. The van der Waals surface area contributed by atoms with E-state index in [9.17, 15) is 9.59 Å². The molecule has 2 aromatic heterocycles. The molecule has 25 heavy (non-hydrogen) atoms. The largest absolute Gasteiger partial charge is 0.478 e. The molecule has 0 atom stereocenters. The number of aromatic carboxylic acids is 2. The quantitative estimate of drug-likeness (QED) is 0.683. The molecule has 0 aromatic carbocycles. The Labute approximate surface area is 154 Å². The van der Waals surface area contributed by atoms with Crippen LogP contribution in [0.4, 0.5) is 0 Å². The Balaban J connectivity index is 0.000000196. The average molecular weight is 378 g/mol. The fourth-order valence-electron chi connectivity index (χ4n) is 2.40. The second-order valence-electron chi connectivity index (χ2n) is 5.40. The van der Waals surface area contributed by atoms with Crippen molar-refractivity contribution < 1.29 is 19.8 Å². The van der Waals surface area contributed by atoms with Crippen LogP contribution in [0.15, 0.2) is 41.7 Å². The van der Waals surface area contributed by atoms with Gasteiger partial charge < -0.3 is 15.2 Å². The van der Waals surface area contributed by atoms with E-state index in [1.165, 1.54) is 31.7 Å². The third-order valence-electron chi connectivity index (χ3n) is 3.63. The molecule has 0 amide bonds. The number of aromatic nitrogens is 2. The summed E-state index contributed by atoms with van der Waals surface area (Å²) in [5.74, 6) is -1.88. The highest BCUT2D eigenvalue weighted by atomic mass is 32.2. The van der Waals surface area contributed by atoms with Gasteiger partial charge in [-0.25, -0.2) is 14.6 Å². The molecule has 1 aliphatic carbocycles. The average Bonchev–Trinajstić information content (AvgIpc) is 3.09. The Hall–Kier alpha value is -2.19. The van der Waals surface area contributed by atoms with Crippen LogP contribution in [-0.4, -0.2) is 37.4 Å². The lowest BCUT2D eigenvalue weighted by Gasteiger charge is -2.09. The SMILES string of the molecule is O=C(O)c1ccc[nH]c1=S.O=C(O)c1cccnc1SC1CCCC1. The molecule has 1 fully saturated rings. The van der Waals surface area contributed by atoms with Gasteiger partial charge in [0.25, 0.3) is 0 Å². The summed E-state index contributed by atoms with van der Waals surface area (Å²) in [4.78, 5) is 28.0. The van der Waals surface area contributed by atoms with Crippen molar-refractivity contribution in [1.82, 2.24) is 9.97 Å². The molecule has 8 heteroatoms. The van der Waals surface area contributed by atoms with E-state index in [0.717, 1.165) is 0 Å². The van der Waals surface area contributed by atoms with E-state index < -0.39 is 11.9 Å². The maximum absolute atomic E-state index is 10.9. The number of nitrogens with zero attached hydrogens (tertiary/aromatic N) is 1. The molecule has 0 spiro atoms. The van der Waals surface area contributed by atoms with Gasteiger partial charge in [-0.15, -0.1) is 11.8 Å². The van der Waals surface area contributed by atoms with Gasteiger partial charge in [0.1, 0.15) is 9.67 Å². The number of pyridine rings is 2. The fraction of sp³-hybridized carbons (Fsp3) is 0.294. The van der Waals surface area contributed by atoms with Gasteiger partial charge in [0.05, 0.1) is 11.1 Å². The lowest BCUT2D eigenvalue weighted by atomic mass is 10.3. The van der Waals surface area contributed by atoms with Gasteiger partial charge in [0.15, 0.2) is 0 Å². The summed E-state index contributed by atoms with van der Waals surface area (Å²) in [6.07, 6.45) is 8.12. The van der Waals surface area contributed by atoms with Gasteiger partial charge >= 0.3 is 11.9 Å². The number of aromatic amines is 1. The summed E-state index contributed by atoms with van der Waals surface area (Å²) >= 11 is 6.31. The van der Waals surface area contributed by atoms with E-state index in [0.29, 0.717) is 15.8 Å². The number of carboxylic acid groups (broad SMARTS) is 2. The first-order valence-corrected chi connectivity index (χ1v) is 9.03. The van der Waals surface area contributed by atoms with Crippen LogP contribution in [-0.2, 0) is 0 Å². The number of carbonyl (C=O) groups is 2. The third-order valence-corrected chi connectivity index (χ3v) is 5.32. The van der Waals surface area contributed by atoms with Crippen molar-refractivity contribution in [1.29, 1.82) is 0 Å². The highest BCUT2D eigenvalue weighted by molar-refractivity contribution is 7.99. The van der Waals surface area contributed by atoms with Crippen molar-refractivity contribution in [2.75, 3.05) is 0 Å². The van der Waals surface area contributed by atoms with E-state index in [1.54, 1.807) is 42.4 Å². The first-order valence-electron chi connectivity index (χ1n) is 7.75. The molecule has 2 heterocycles. The van der Waals surface area contributed by atoms with E-state index in [-0.39, 0.29) is 10.2 Å². The molecule has 2 aromatic rings. The Morgan fingerprint density at radius 3 is 2.32 bits per heavy atom. The van der Waals surface area contributed by atoms with Crippen LogP contribution in [0.25, 0.3) is 0 Å². The molecular weight excluding hydrogens is 360 g/mol. The molecule has 1 aliphatic rings. The minimum Gasteiger partial charge on any atom is -0.478 e. The molecule has 0 saturated heterocycles. The topological polar surface area (TPSA) is 103 Å². The van der Waals surface area contributed by atoms with Crippen LogP contribution >= 0.6 is 24.0 Å². The lowest BCUT2D eigenvalue weighted by molar-refractivity contribution is 0.0683. The highest BCUT2D eigenvalue weighted by Gasteiger charge is 2.20. The molecule has 0 radical (unpaired) electrons. The van der Waals surface area contributed by atoms with Crippen LogP contribution in [0, 0.1) is 4.64 Å². The van der Waals surface area contributed by atoms with Crippen LogP contribution in [0.5, 0.6) is 0 Å². The summed E-state index contributed by atoms with van der Waals surface area (Å²) in [7, 11) is 0. The molecule has 3 rings (SSSR count). The van der Waals surface area contributed by atoms with Crippen molar-refractivity contribution in [3.63, 3.8) is 0 Å². The summed E-state index contributed by atoms with van der Waals surface area (Å²) in [5.41, 5.74) is 0.465. The van der Waals surface area contributed by atoms with Crippen molar-refractivity contribution in [2.24, 2.45) is 0 Å². The summed E-state index contributed by atoms with van der Waals surface area (Å²) in [5, 5.41) is 18.7. The fourth-order valence-corrected chi connectivity index (χ4v) is 3.91. The monoisotopic (exact) mass is 378 g/mol. The van der Waals surface area contributed by atoms with Crippen molar-refractivity contribution >= 4 is 35.9 Å². The van der Waals surface area contributed by atoms with Crippen molar-refractivity contribution in [2.45, 2.75) is 36.0 Å². The van der Waals surface area contributed by atoms with Crippen LogP contribution in [0.2, 0.25) is 0 Å². The van der Waals surface area contributed by atoms with E-state index in [4.69, 9.17) is 22.4 Å². The maximum Gasteiger partial charge on any atom is 0.338 e. The molecule has 0 unspecified atom stereocenters. The lowest BCUT2D eigenvalue weighted by Crippen LogP contribution is -2.03. The van der Waals surface area contributed by atoms with Crippen molar-refractivity contribution in [3.05, 3.63) is 52.4 Å². The number of thioether (sulfide) groups is 1. The Morgan fingerprint density at radius 2 is 1.76 bits per heavy atom. The molecule has 1 saturated carbocycles. The minimum atomic E-state index is -0.998. The summed E-state index contributed by atoms with van der Waals surface area (Å²) in [6, 6.07) is 6.34. The first kappa shape index (κ1) is 19.1. The Morgan fingerprint density at radius 1 is 1.12 bits per heavy atom. The van der Waals surface area contributed by atoms with E-state index in [2.05, 4.69) is 9.97 Å². The number of hydrogen-bond acceptors (Lipinski definition) is 5. The Bertz CT molecular complexity index is 801. The zero-order valence-electron chi connectivity index (χ0n) is 13.3. The predicted molar refractivity (Wildman–Crippen MR) is 97.9 cm³/mol. The number of H-pyrrole nitrogens is 1. The highest BCUT2D eigenvalue weighted by Crippen LogP contribution is 2.34. The number of rotatable bonds is 4. The summed E-state index contributed by atoms with van der Waals surface area (Å²) in [6.45, 7) is 0. The first-order chi connectivity index (χ1) is 12.0. The second-order valence-corrected chi connectivity index (χ2v) is 7.10. The van der Waals surface area contributed by atoms with Crippen LogP contribution in [0.3, 0.4) is 0 Å². The molecule has 3 N–H and O–H groups in total. The minimum absolute atomic E-state index is 0.137. The van der Waals surface area contributed by atoms with E-state index >= 15 is 0 Å². The maximum atomic E-state index is 10.9. The van der Waals surface area contributed by atoms with Gasteiger partial charge in [0.2, 0.25) is 0 Å². The predicted octanol–water partition coefficient (Wildman–Crippen LogP) is 4.26. The van der Waals surface area contributed by atoms with Crippen LogP contribution in [0.1, 0.15) is 46.4 Å². The van der Waals surface area contributed by atoms with Crippen molar-refractivity contribution in [3.8, 4) is 0 Å². The smallest absolute Gasteiger partial charge is 0.338 e.